The lowest BCUT2D eigenvalue weighted by molar-refractivity contribution is -0.131. The molecule has 0 radical (unpaired) electrons. The van der Waals surface area contributed by atoms with Gasteiger partial charge in [0.25, 0.3) is 0 Å². The van der Waals surface area contributed by atoms with Gasteiger partial charge in [-0.3, -0.25) is 4.79 Å². The van der Waals surface area contributed by atoms with Crippen LogP contribution < -0.4 is 0 Å². The maximum absolute atomic E-state index is 11.2. The highest BCUT2D eigenvalue weighted by Gasteiger charge is 2.25. The van der Waals surface area contributed by atoms with Gasteiger partial charge in [0.1, 0.15) is 0 Å². The van der Waals surface area contributed by atoms with Crippen LogP contribution in [0.1, 0.15) is 41.0 Å². The molecule has 0 aromatic rings. The summed E-state index contributed by atoms with van der Waals surface area (Å²) in [6, 6.07) is 0.377. The van der Waals surface area contributed by atoms with Crippen molar-refractivity contribution in [2.24, 2.45) is 11.8 Å². The van der Waals surface area contributed by atoms with E-state index in [9.17, 15) is 4.79 Å². The van der Waals surface area contributed by atoms with Gasteiger partial charge in [-0.2, -0.15) is 0 Å². The molecule has 13 heavy (non-hydrogen) atoms. The highest BCUT2D eigenvalue weighted by atomic mass is 16.2. The summed E-state index contributed by atoms with van der Waals surface area (Å²) in [5, 5.41) is 0. The van der Waals surface area contributed by atoms with Gasteiger partial charge < -0.3 is 4.90 Å². The summed E-state index contributed by atoms with van der Waals surface area (Å²) in [7, 11) is 1.90. The molecule has 78 valence electrons. The Morgan fingerprint density at radius 1 is 1.31 bits per heavy atom. The third kappa shape index (κ3) is 3.37. The van der Waals surface area contributed by atoms with Gasteiger partial charge in [-0.15, -0.1) is 0 Å². The van der Waals surface area contributed by atoms with E-state index in [1.54, 1.807) is 6.92 Å². The van der Waals surface area contributed by atoms with E-state index in [1.807, 2.05) is 11.9 Å². The molecule has 0 spiro atoms. The number of rotatable bonds is 4. The molecule has 0 bridgehead atoms. The topological polar surface area (TPSA) is 20.3 Å². The Morgan fingerprint density at radius 2 is 1.77 bits per heavy atom. The van der Waals surface area contributed by atoms with E-state index in [0.29, 0.717) is 17.9 Å². The highest BCUT2D eigenvalue weighted by molar-refractivity contribution is 5.73. The van der Waals surface area contributed by atoms with Crippen LogP contribution in [0.25, 0.3) is 0 Å². The van der Waals surface area contributed by atoms with Gasteiger partial charge in [0.05, 0.1) is 0 Å². The Bertz CT molecular complexity index is 165. The standard InChI is InChI=1S/C11H23NO/c1-7-9(4)11(8(2)3)12(6)10(5)13/h8-9,11H,7H2,1-6H3. The van der Waals surface area contributed by atoms with Crippen LogP contribution in [-0.4, -0.2) is 23.9 Å². The Morgan fingerprint density at radius 3 is 2.00 bits per heavy atom. The van der Waals surface area contributed by atoms with Crippen molar-refractivity contribution >= 4 is 5.91 Å². The number of hydrogen-bond acceptors (Lipinski definition) is 1. The van der Waals surface area contributed by atoms with E-state index in [1.165, 1.54) is 0 Å². The van der Waals surface area contributed by atoms with Crippen molar-refractivity contribution in [3.8, 4) is 0 Å². The fourth-order valence-electron chi connectivity index (χ4n) is 1.94. The highest BCUT2D eigenvalue weighted by Crippen LogP contribution is 2.20. The summed E-state index contributed by atoms with van der Waals surface area (Å²) in [5.74, 6) is 1.27. The lowest BCUT2D eigenvalue weighted by Gasteiger charge is -2.35. The van der Waals surface area contributed by atoms with E-state index in [4.69, 9.17) is 0 Å². The molecular formula is C11H23NO. The molecule has 0 aliphatic carbocycles. The minimum absolute atomic E-state index is 0.166. The molecule has 0 heterocycles. The molecule has 0 aliphatic heterocycles. The maximum atomic E-state index is 11.2. The number of carbonyl (C=O) groups is 1. The van der Waals surface area contributed by atoms with Crippen LogP contribution in [0.3, 0.4) is 0 Å². The second-order valence-corrected chi connectivity index (χ2v) is 4.25. The van der Waals surface area contributed by atoms with Crippen LogP contribution in [0, 0.1) is 11.8 Å². The Kier molecular flexibility index (Phi) is 5.04. The van der Waals surface area contributed by atoms with Gasteiger partial charge in [0.15, 0.2) is 0 Å². The van der Waals surface area contributed by atoms with Crippen molar-refractivity contribution in [2.75, 3.05) is 7.05 Å². The van der Waals surface area contributed by atoms with Gasteiger partial charge >= 0.3 is 0 Å². The molecule has 0 saturated carbocycles. The van der Waals surface area contributed by atoms with E-state index < -0.39 is 0 Å². The number of amides is 1. The van der Waals surface area contributed by atoms with Crippen molar-refractivity contribution < 1.29 is 4.79 Å². The van der Waals surface area contributed by atoms with Crippen molar-refractivity contribution in [3.63, 3.8) is 0 Å². The Hall–Kier alpha value is -0.530. The third-order valence-electron chi connectivity index (χ3n) is 2.85. The van der Waals surface area contributed by atoms with E-state index in [-0.39, 0.29) is 5.91 Å². The number of carbonyl (C=O) groups excluding carboxylic acids is 1. The second-order valence-electron chi connectivity index (χ2n) is 4.25. The van der Waals surface area contributed by atoms with Crippen LogP contribution in [0.5, 0.6) is 0 Å². The van der Waals surface area contributed by atoms with Gasteiger partial charge in [-0.05, 0) is 11.8 Å². The minimum atomic E-state index is 0.166. The monoisotopic (exact) mass is 185 g/mol. The zero-order valence-corrected chi connectivity index (χ0v) is 9.79. The van der Waals surface area contributed by atoms with Gasteiger partial charge in [-0.25, -0.2) is 0 Å². The second kappa shape index (κ2) is 5.25. The summed E-state index contributed by atoms with van der Waals surface area (Å²) in [4.78, 5) is 13.1. The smallest absolute Gasteiger partial charge is 0.219 e. The molecule has 0 rings (SSSR count). The number of hydrogen-bond donors (Lipinski definition) is 0. The van der Waals surface area contributed by atoms with Crippen LogP contribution in [0.2, 0.25) is 0 Å². The van der Waals surface area contributed by atoms with E-state index >= 15 is 0 Å². The SMILES string of the molecule is CCC(C)C(C(C)C)N(C)C(C)=O. The van der Waals surface area contributed by atoms with Crippen LogP contribution in [0.4, 0.5) is 0 Å². The normalized spacial score (nSPS) is 15.6. The lowest BCUT2D eigenvalue weighted by atomic mass is 9.89. The zero-order chi connectivity index (χ0) is 10.6. The molecule has 0 aromatic heterocycles. The molecule has 0 aromatic carbocycles. The van der Waals surface area contributed by atoms with Crippen LogP contribution >= 0.6 is 0 Å². The fourth-order valence-corrected chi connectivity index (χ4v) is 1.94. The minimum Gasteiger partial charge on any atom is -0.342 e. The Labute approximate surface area is 82.3 Å². The molecular weight excluding hydrogens is 162 g/mol. The first-order valence-corrected chi connectivity index (χ1v) is 5.15. The maximum Gasteiger partial charge on any atom is 0.219 e. The largest absolute Gasteiger partial charge is 0.342 e. The summed E-state index contributed by atoms with van der Waals surface area (Å²) >= 11 is 0. The van der Waals surface area contributed by atoms with Crippen LogP contribution in [0.15, 0.2) is 0 Å². The first-order chi connectivity index (χ1) is 5.91. The average Bonchev–Trinajstić information content (AvgIpc) is 2.03. The van der Waals surface area contributed by atoms with Gasteiger partial charge in [0, 0.05) is 20.0 Å². The fraction of sp³-hybridized carbons (Fsp3) is 0.909. The molecule has 2 nitrogen and oxygen atoms in total. The molecule has 0 fully saturated rings. The molecule has 1 amide bonds. The first-order valence-electron chi connectivity index (χ1n) is 5.15. The molecule has 0 aliphatic rings. The molecule has 2 unspecified atom stereocenters. The predicted molar refractivity (Wildman–Crippen MR) is 56.5 cm³/mol. The summed E-state index contributed by atoms with van der Waals surface area (Å²) in [6.07, 6.45) is 1.13. The van der Waals surface area contributed by atoms with Crippen LogP contribution in [-0.2, 0) is 4.79 Å². The summed E-state index contributed by atoms with van der Waals surface area (Å²) in [6.45, 7) is 10.4. The number of nitrogens with zero attached hydrogens (tertiary/aromatic N) is 1. The van der Waals surface area contributed by atoms with Crippen molar-refractivity contribution in [1.82, 2.24) is 4.90 Å². The third-order valence-corrected chi connectivity index (χ3v) is 2.85. The molecule has 2 atom stereocenters. The summed E-state index contributed by atoms with van der Waals surface area (Å²) in [5.41, 5.74) is 0. The Balaban J connectivity index is 4.50. The lowest BCUT2D eigenvalue weighted by Crippen LogP contribution is -2.43. The molecule has 2 heteroatoms. The zero-order valence-electron chi connectivity index (χ0n) is 9.79. The van der Waals surface area contributed by atoms with E-state index in [2.05, 4.69) is 27.7 Å². The van der Waals surface area contributed by atoms with E-state index in [0.717, 1.165) is 6.42 Å². The van der Waals surface area contributed by atoms with Crippen molar-refractivity contribution in [3.05, 3.63) is 0 Å². The first kappa shape index (κ1) is 12.5. The van der Waals surface area contributed by atoms with Gasteiger partial charge in [-0.1, -0.05) is 34.1 Å². The van der Waals surface area contributed by atoms with Gasteiger partial charge in [0.2, 0.25) is 5.91 Å². The molecule has 0 N–H and O–H groups in total. The quantitative estimate of drug-likeness (QED) is 0.659. The molecule has 0 saturated heterocycles. The van der Waals surface area contributed by atoms with Crippen molar-refractivity contribution in [1.29, 1.82) is 0 Å². The summed E-state index contributed by atoms with van der Waals surface area (Å²) < 4.78 is 0. The average molecular weight is 185 g/mol. The predicted octanol–water partition coefficient (Wildman–Crippen LogP) is 2.54. The van der Waals surface area contributed by atoms with Crippen molar-refractivity contribution in [2.45, 2.75) is 47.1 Å².